The number of carbonyl (C=O) groups is 4. The molecule has 2 aromatic heterocycles. The smallest absolute Gasteiger partial charge is 0.289 e. The second-order valence-corrected chi connectivity index (χ2v) is 9.67. The van der Waals surface area contributed by atoms with Crippen molar-refractivity contribution in [2.45, 2.75) is 38.8 Å². The monoisotopic (exact) mass is 553 g/mol. The first-order chi connectivity index (χ1) is 19.1. The van der Waals surface area contributed by atoms with E-state index in [4.69, 9.17) is 15.2 Å². The summed E-state index contributed by atoms with van der Waals surface area (Å²) in [5.41, 5.74) is 6.12. The number of likely N-dealkylation sites (N-methyl/N-ethyl adjacent to an activating group) is 1. The lowest BCUT2D eigenvalue weighted by atomic mass is 9.99. The standard InChI is InChI=1S/C28H35N5O7/c1-16(2)13-22(27(37)32-19(24(34)28(38)30-3)14-17-7-6-10-31-26(17)36)33-20-8-5-9-23(40-12-11-39-4)18(20)15-21(33)25(29)35/h5-10,15-16,19,22H,11-14H2,1-4H3,(H2,29,35)(H,30,38)(H,31,36)(H,32,37)/t19-,22-/m0/s1. The minimum atomic E-state index is -1.34. The summed E-state index contributed by atoms with van der Waals surface area (Å²) in [6.45, 7) is 4.44. The first kappa shape index (κ1) is 30.1. The van der Waals surface area contributed by atoms with Crippen LogP contribution >= 0.6 is 0 Å². The topological polar surface area (TPSA) is 175 Å². The van der Waals surface area contributed by atoms with E-state index in [-0.39, 0.29) is 36.6 Å². The van der Waals surface area contributed by atoms with E-state index in [1.165, 1.54) is 23.9 Å². The van der Waals surface area contributed by atoms with Crippen LogP contribution in [-0.4, -0.2) is 66.5 Å². The number of Topliss-reactive ketones (excluding diaryl/α,β-unsaturated/α-hetero) is 1. The fraction of sp³-hybridized carbons (Fsp3) is 0.393. The summed E-state index contributed by atoms with van der Waals surface area (Å²) < 4.78 is 12.4. The predicted octanol–water partition coefficient (Wildman–Crippen LogP) is 1.08. The van der Waals surface area contributed by atoms with E-state index in [9.17, 15) is 24.0 Å². The third kappa shape index (κ3) is 6.94. The van der Waals surface area contributed by atoms with Gasteiger partial charge in [0.2, 0.25) is 11.7 Å². The SMILES string of the molecule is CNC(=O)C(=O)[C@H](Cc1ccc[nH]c1=O)NC(=O)[C@H](CC(C)C)n1c(C(N)=O)cc2c(OCCOC)cccc21. The zero-order chi connectivity index (χ0) is 29.4. The van der Waals surface area contributed by atoms with Crippen LogP contribution in [0.3, 0.4) is 0 Å². The van der Waals surface area contributed by atoms with Gasteiger partial charge in [-0.05, 0) is 36.6 Å². The number of rotatable bonds is 14. The predicted molar refractivity (Wildman–Crippen MR) is 148 cm³/mol. The van der Waals surface area contributed by atoms with Crippen LogP contribution in [0.25, 0.3) is 10.9 Å². The highest BCUT2D eigenvalue weighted by atomic mass is 16.5. The zero-order valence-electron chi connectivity index (χ0n) is 23.0. The molecule has 2 heterocycles. The highest BCUT2D eigenvalue weighted by molar-refractivity contribution is 6.38. The maximum absolute atomic E-state index is 13.9. The number of nitrogens with two attached hydrogens (primary N) is 1. The minimum absolute atomic E-state index is 0.0138. The molecule has 3 aromatic rings. The Kier molecular flexibility index (Phi) is 10.2. The highest BCUT2D eigenvalue weighted by Crippen LogP contribution is 2.33. The Morgan fingerprint density at radius 1 is 1.10 bits per heavy atom. The van der Waals surface area contributed by atoms with Crippen LogP contribution in [0.15, 0.2) is 47.4 Å². The number of fused-ring (bicyclic) bond motifs is 1. The number of ketones is 1. The first-order valence-corrected chi connectivity index (χ1v) is 12.9. The number of pyridine rings is 1. The Bertz CT molecular complexity index is 1440. The largest absolute Gasteiger partial charge is 0.490 e. The molecule has 3 amide bonds. The van der Waals surface area contributed by atoms with Crippen molar-refractivity contribution in [2.75, 3.05) is 27.4 Å². The molecule has 0 spiro atoms. The third-order valence-corrected chi connectivity index (χ3v) is 6.36. The lowest BCUT2D eigenvalue weighted by Crippen LogP contribution is -2.50. The number of ether oxygens (including phenoxy) is 2. The number of hydrogen-bond donors (Lipinski definition) is 4. The molecule has 1 aromatic carbocycles. The van der Waals surface area contributed by atoms with Crippen molar-refractivity contribution in [1.82, 2.24) is 20.2 Å². The maximum Gasteiger partial charge on any atom is 0.289 e. The number of H-pyrrole nitrogens is 1. The third-order valence-electron chi connectivity index (χ3n) is 6.36. The van der Waals surface area contributed by atoms with Gasteiger partial charge in [0, 0.05) is 37.7 Å². The van der Waals surface area contributed by atoms with Crippen LogP contribution in [0.4, 0.5) is 0 Å². The number of primary amides is 1. The number of methoxy groups -OCH3 is 1. The molecule has 2 atom stereocenters. The molecular weight excluding hydrogens is 518 g/mol. The molecule has 0 saturated heterocycles. The summed E-state index contributed by atoms with van der Waals surface area (Å²) in [5, 5.41) is 5.51. The fourth-order valence-corrected chi connectivity index (χ4v) is 4.48. The molecule has 0 fully saturated rings. The number of amides is 3. The average molecular weight is 554 g/mol. The Labute approximate surface area is 231 Å². The van der Waals surface area contributed by atoms with E-state index >= 15 is 0 Å². The maximum atomic E-state index is 13.9. The van der Waals surface area contributed by atoms with Gasteiger partial charge in [-0.15, -0.1) is 0 Å². The lowest BCUT2D eigenvalue weighted by Gasteiger charge is -2.26. The number of carbonyl (C=O) groups excluding carboxylic acids is 4. The van der Waals surface area contributed by atoms with Crippen molar-refractivity contribution >= 4 is 34.4 Å². The lowest BCUT2D eigenvalue weighted by molar-refractivity contribution is -0.140. The Morgan fingerprint density at radius 2 is 1.85 bits per heavy atom. The molecule has 40 heavy (non-hydrogen) atoms. The number of hydrogen-bond acceptors (Lipinski definition) is 7. The van der Waals surface area contributed by atoms with Crippen molar-refractivity contribution in [3.63, 3.8) is 0 Å². The fourth-order valence-electron chi connectivity index (χ4n) is 4.48. The molecule has 0 aliphatic heterocycles. The molecule has 0 saturated carbocycles. The quantitative estimate of drug-likeness (QED) is 0.171. The van der Waals surface area contributed by atoms with E-state index in [2.05, 4.69) is 15.6 Å². The van der Waals surface area contributed by atoms with Crippen LogP contribution in [-0.2, 0) is 25.5 Å². The zero-order valence-corrected chi connectivity index (χ0v) is 23.0. The number of nitrogens with zero attached hydrogens (tertiary/aromatic N) is 1. The summed E-state index contributed by atoms with van der Waals surface area (Å²) in [6.07, 6.45) is 1.50. The molecule has 214 valence electrons. The molecular formula is C28H35N5O7. The normalized spacial score (nSPS) is 12.6. The van der Waals surface area contributed by atoms with Gasteiger partial charge in [0.25, 0.3) is 17.4 Å². The van der Waals surface area contributed by atoms with Gasteiger partial charge in [-0.2, -0.15) is 0 Å². The van der Waals surface area contributed by atoms with Gasteiger partial charge in [0.1, 0.15) is 30.1 Å². The molecule has 12 heteroatoms. The summed E-state index contributed by atoms with van der Waals surface area (Å²) in [4.78, 5) is 66.5. The van der Waals surface area contributed by atoms with Crippen LogP contribution in [0.1, 0.15) is 42.4 Å². The Balaban J connectivity index is 2.08. The van der Waals surface area contributed by atoms with Crippen molar-refractivity contribution in [3.8, 4) is 5.75 Å². The van der Waals surface area contributed by atoms with E-state index in [1.807, 2.05) is 13.8 Å². The molecule has 0 aliphatic rings. The van der Waals surface area contributed by atoms with Crippen molar-refractivity contribution < 1.29 is 28.7 Å². The van der Waals surface area contributed by atoms with Gasteiger partial charge in [0.15, 0.2) is 0 Å². The summed E-state index contributed by atoms with van der Waals surface area (Å²) >= 11 is 0. The van der Waals surface area contributed by atoms with Crippen LogP contribution in [0.5, 0.6) is 5.75 Å². The van der Waals surface area contributed by atoms with Gasteiger partial charge in [0.05, 0.1) is 12.1 Å². The molecule has 12 nitrogen and oxygen atoms in total. The van der Waals surface area contributed by atoms with Crippen molar-refractivity contribution in [2.24, 2.45) is 11.7 Å². The number of benzene rings is 1. The van der Waals surface area contributed by atoms with Gasteiger partial charge in [-0.3, -0.25) is 24.0 Å². The minimum Gasteiger partial charge on any atom is -0.490 e. The second-order valence-electron chi connectivity index (χ2n) is 9.67. The number of aromatic amines is 1. The molecule has 5 N–H and O–H groups in total. The van der Waals surface area contributed by atoms with Crippen molar-refractivity contribution in [1.29, 1.82) is 0 Å². The van der Waals surface area contributed by atoms with E-state index in [0.717, 1.165) is 0 Å². The number of aromatic nitrogens is 2. The summed E-state index contributed by atoms with van der Waals surface area (Å²) in [7, 11) is 2.85. The number of nitrogens with one attached hydrogen (secondary N) is 3. The molecule has 3 rings (SSSR count). The van der Waals surface area contributed by atoms with Crippen LogP contribution < -0.4 is 26.7 Å². The molecule has 0 aliphatic carbocycles. The van der Waals surface area contributed by atoms with Gasteiger partial charge >= 0.3 is 0 Å². The van der Waals surface area contributed by atoms with Gasteiger partial charge < -0.3 is 35.4 Å². The second kappa shape index (κ2) is 13.6. The van der Waals surface area contributed by atoms with E-state index in [0.29, 0.717) is 23.3 Å². The van der Waals surface area contributed by atoms with Crippen LogP contribution in [0, 0.1) is 5.92 Å². The average Bonchev–Trinajstić information content (AvgIpc) is 3.32. The van der Waals surface area contributed by atoms with Gasteiger partial charge in [-0.25, -0.2) is 0 Å². The Morgan fingerprint density at radius 3 is 2.48 bits per heavy atom. The van der Waals surface area contributed by atoms with E-state index in [1.54, 1.807) is 37.4 Å². The first-order valence-electron chi connectivity index (χ1n) is 12.9. The summed E-state index contributed by atoms with van der Waals surface area (Å²) in [6, 6.07) is 7.55. The summed E-state index contributed by atoms with van der Waals surface area (Å²) in [5.74, 6) is -2.73. The molecule has 0 radical (unpaired) electrons. The van der Waals surface area contributed by atoms with Gasteiger partial charge in [-0.1, -0.05) is 26.0 Å². The molecule has 0 bridgehead atoms. The van der Waals surface area contributed by atoms with E-state index < -0.39 is 41.1 Å². The molecule has 0 unspecified atom stereocenters. The Hall–Kier alpha value is -4.45. The van der Waals surface area contributed by atoms with Crippen LogP contribution in [0.2, 0.25) is 0 Å². The van der Waals surface area contributed by atoms with Crippen molar-refractivity contribution in [3.05, 3.63) is 64.2 Å². The highest BCUT2D eigenvalue weighted by Gasteiger charge is 2.33.